The van der Waals surface area contributed by atoms with Crippen molar-refractivity contribution in [3.05, 3.63) is 59.7 Å². The second kappa shape index (κ2) is 6.32. The van der Waals surface area contributed by atoms with Gasteiger partial charge in [-0.3, -0.25) is 9.69 Å². The number of hydrogen-bond acceptors (Lipinski definition) is 2. The summed E-state index contributed by atoms with van der Waals surface area (Å²) < 4.78 is 0. The second-order valence-electron chi connectivity index (χ2n) is 5.95. The molecular formula is C19H22N2O. The SMILES string of the molecule is C[C@@H](c1cccc(-c2ccccc2C(N)=O)c1)N1CCCC1. The van der Waals surface area contributed by atoms with Crippen molar-refractivity contribution >= 4 is 5.91 Å². The first-order valence-corrected chi connectivity index (χ1v) is 7.90. The molecule has 22 heavy (non-hydrogen) atoms. The van der Waals surface area contributed by atoms with Crippen molar-refractivity contribution in [1.29, 1.82) is 0 Å². The molecule has 0 spiro atoms. The smallest absolute Gasteiger partial charge is 0.249 e. The van der Waals surface area contributed by atoms with Gasteiger partial charge in [-0.15, -0.1) is 0 Å². The normalized spacial score (nSPS) is 16.6. The summed E-state index contributed by atoms with van der Waals surface area (Å²) in [5.41, 5.74) is 9.33. The van der Waals surface area contributed by atoms with Gasteiger partial charge < -0.3 is 5.73 Å². The topological polar surface area (TPSA) is 46.3 Å². The molecular weight excluding hydrogens is 272 g/mol. The minimum Gasteiger partial charge on any atom is -0.366 e. The molecule has 114 valence electrons. The highest BCUT2D eigenvalue weighted by Gasteiger charge is 2.20. The summed E-state index contributed by atoms with van der Waals surface area (Å²) in [5.74, 6) is -0.381. The second-order valence-corrected chi connectivity index (χ2v) is 5.95. The maximum atomic E-state index is 11.6. The van der Waals surface area contributed by atoms with E-state index in [1.807, 2.05) is 24.3 Å². The van der Waals surface area contributed by atoms with Crippen LogP contribution in [0.5, 0.6) is 0 Å². The Morgan fingerprint density at radius 1 is 1.09 bits per heavy atom. The van der Waals surface area contributed by atoms with Gasteiger partial charge >= 0.3 is 0 Å². The molecule has 0 bridgehead atoms. The Kier molecular flexibility index (Phi) is 4.25. The largest absolute Gasteiger partial charge is 0.366 e. The van der Waals surface area contributed by atoms with Crippen LogP contribution in [0.1, 0.15) is 41.7 Å². The van der Waals surface area contributed by atoms with Gasteiger partial charge in [0.05, 0.1) is 0 Å². The summed E-state index contributed by atoms with van der Waals surface area (Å²) in [6, 6.07) is 16.4. The lowest BCUT2D eigenvalue weighted by molar-refractivity contribution is 0.100. The standard InChI is InChI=1S/C19H22N2O/c1-14(21-11-4-5-12-21)15-7-6-8-16(13-15)17-9-2-3-10-18(17)19(20)22/h2-3,6-10,13-14H,4-5,11-12H2,1H3,(H2,20,22)/t14-/m0/s1. The molecule has 2 aromatic rings. The van der Waals surface area contributed by atoms with Crippen LogP contribution < -0.4 is 5.73 Å². The zero-order chi connectivity index (χ0) is 15.5. The number of rotatable bonds is 4. The molecule has 1 fully saturated rings. The summed E-state index contributed by atoms with van der Waals surface area (Å²) in [7, 11) is 0. The number of likely N-dealkylation sites (tertiary alicyclic amines) is 1. The molecule has 0 aromatic heterocycles. The molecule has 1 heterocycles. The fourth-order valence-electron chi connectivity index (χ4n) is 3.26. The number of carbonyl (C=O) groups excluding carboxylic acids is 1. The van der Waals surface area contributed by atoms with Crippen LogP contribution in [0.4, 0.5) is 0 Å². The van der Waals surface area contributed by atoms with Crippen molar-refractivity contribution in [3.8, 4) is 11.1 Å². The van der Waals surface area contributed by atoms with E-state index in [1.165, 1.54) is 31.5 Å². The van der Waals surface area contributed by atoms with Crippen LogP contribution in [0, 0.1) is 0 Å². The average Bonchev–Trinajstić information content (AvgIpc) is 3.08. The van der Waals surface area contributed by atoms with Crippen molar-refractivity contribution in [2.45, 2.75) is 25.8 Å². The number of amides is 1. The van der Waals surface area contributed by atoms with E-state index in [0.29, 0.717) is 11.6 Å². The third-order valence-electron chi connectivity index (χ3n) is 4.56. The first kappa shape index (κ1) is 14.8. The highest BCUT2D eigenvalue weighted by molar-refractivity contribution is 5.99. The van der Waals surface area contributed by atoms with E-state index in [1.54, 1.807) is 6.07 Å². The van der Waals surface area contributed by atoms with Gasteiger partial charge in [-0.05, 0) is 61.7 Å². The van der Waals surface area contributed by atoms with Crippen LogP contribution in [-0.4, -0.2) is 23.9 Å². The Morgan fingerprint density at radius 2 is 1.82 bits per heavy atom. The number of primary amides is 1. The molecule has 0 unspecified atom stereocenters. The maximum absolute atomic E-state index is 11.6. The molecule has 2 aromatic carbocycles. The van der Waals surface area contributed by atoms with Gasteiger partial charge in [0.15, 0.2) is 0 Å². The molecule has 1 amide bonds. The van der Waals surface area contributed by atoms with Crippen LogP contribution in [-0.2, 0) is 0 Å². The summed E-state index contributed by atoms with van der Waals surface area (Å²) in [5, 5.41) is 0. The van der Waals surface area contributed by atoms with Crippen molar-refractivity contribution in [1.82, 2.24) is 4.90 Å². The molecule has 1 saturated heterocycles. The van der Waals surface area contributed by atoms with Crippen molar-refractivity contribution in [2.75, 3.05) is 13.1 Å². The fourth-order valence-corrected chi connectivity index (χ4v) is 3.26. The van der Waals surface area contributed by atoms with E-state index in [-0.39, 0.29) is 5.91 Å². The Labute approximate surface area is 131 Å². The lowest BCUT2D eigenvalue weighted by Gasteiger charge is -2.24. The molecule has 0 aliphatic carbocycles. The fraction of sp³-hybridized carbons (Fsp3) is 0.316. The highest BCUT2D eigenvalue weighted by atomic mass is 16.1. The van der Waals surface area contributed by atoms with E-state index in [0.717, 1.165) is 11.1 Å². The number of benzene rings is 2. The van der Waals surface area contributed by atoms with E-state index in [4.69, 9.17) is 5.73 Å². The Bertz CT molecular complexity index is 675. The average molecular weight is 294 g/mol. The van der Waals surface area contributed by atoms with Gasteiger partial charge in [-0.2, -0.15) is 0 Å². The summed E-state index contributed by atoms with van der Waals surface area (Å²) in [6.45, 7) is 4.59. The Hall–Kier alpha value is -2.13. The van der Waals surface area contributed by atoms with E-state index < -0.39 is 0 Å². The Balaban J connectivity index is 1.96. The van der Waals surface area contributed by atoms with Gasteiger partial charge in [0, 0.05) is 11.6 Å². The van der Waals surface area contributed by atoms with Crippen LogP contribution in [0.15, 0.2) is 48.5 Å². The molecule has 1 atom stereocenters. The highest BCUT2D eigenvalue weighted by Crippen LogP contribution is 2.29. The third-order valence-corrected chi connectivity index (χ3v) is 4.56. The van der Waals surface area contributed by atoms with E-state index >= 15 is 0 Å². The minimum absolute atomic E-state index is 0.381. The van der Waals surface area contributed by atoms with Gasteiger partial charge in [-0.1, -0.05) is 36.4 Å². The predicted molar refractivity (Wildman–Crippen MR) is 89.6 cm³/mol. The first-order valence-electron chi connectivity index (χ1n) is 7.90. The quantitative estimate of drug-likeness (QED) is 0.936. The predicted octanol–water partition coefficient (Wildman–Crippen LogP) is 3.61. The van der Waals surface area contributed by atoms with Crippen LogP contribution >= 0.6 is 0 Å². The molecule has 0 radical (unpaired) electrons. The van der Waals surface area contributed by atoms with Crippen molar-refractivity contribution < 1.29 is 4.79 Å². The van der Waals surface area contributed by atoms with Crippen LogP contribution in [0.2, 0.25) is 0 Å². The zero-order valence-electron chi connectivity index (χ0n) is 13.0. The molecule has 3 rings (SSSR count). The zero-order valence-corrected chi connectivity index (χ0v) is 13.0. The van der Waals surface area contributed by atoms with Gasteiger partial charge in [0.2, 0.25) is 5.91 Å². The lowest BCUT2D eigenvalue weighted by atomic mass is 9.96. The van der Waals surface area contributed by atoms with Crippen molar-refractivity contribution in [3.63, 3.8) is 0 Å². The molecule has 1 aliphatic rings. The number of hydrogen-bond donors (Lipinski definition) is 1. The van der Waals surface area contributed by atoms with Gasteiger partial charge in [0.25, 0.3) is 0 Å². The lowest BCUT2D eigenvalue weighted by Crippen LogP contribution is -2.23. The summed E-state index contributed by atoms with van der Waals surface area (Å²) >= 11 is 0. The Morgan fingerprint density at radius 3 is 2.55 bits per heavy atom. The monoisotopic (exact) mass is 294 g/mol. The minimum atomic E-state index is -0.381. The molecule has 2 N–H and O–H groups in total. The third kappa shape index (κ3) is 2.90. The maximum Gasteiger partial charge on any atom is 0.249 e. The molecule has 3 nitrogen and oxygen atoms in total. The van der Waals surface area contributed by atoms with Gasteiger partial charge in [0.1, 0.15) is 0 Å². The van der Waals surface area contributed by atoms with Gasteiger partial charge in [-0.25, -0.2) is 0 Å². The first-order chi connectivity index (χ1) is 10.7. The molecule has 1 aliphatic heterocycles. The van der Waals surface area contributed by atoms with Crippen LogP contribution in [0.25, 0.3) is 11.1 Å². The van der Waals surface area contributed by atoms with Crippen molar-refractivity contribution in [2.24, 2.45) is 5.73 Å². The number of nitrogens with zero attached hydrogens (tertiary/aromatic N) is 1. The summed E-state index contributed by atoms with van der Waals surface area (Å²) in [6.07, 6.45) is 2.57. The number of carbonyl (C=O) groups is 1. The van der Waals surface area contributed by atoms with E-state index in [9.17, 15) is 4.79 Å². The molecule has 3 heteroatoms. The van der Waals surface area contributed by atoms with E-state index in [2.05, 4.69) is 30.0 Å². The van der Waals surface area contributed by atoms with Crippen LogP contribution in [0.3, 0.4) is 0 Å². The molecule has 0 saturated carbocycles. The summed E-state index contributed by atoms with van der Waals surface area (Å²) in [4.78, 5) is 14.2. The number of nitrogens with two attached hydrogens (primary N) is 1.